The molecule has 0 bridgehead atoms. The van der Waals surface area contributed by atoms with Gasteiger partial charge in [-0.15, -0.1) is 0 Å². The molecular weight excluding hydrogens is 358 g/mol. The maximum absolute atomic E-state index is 13.7. The summed E-state index contributed by atoms with van der Waals surface area (Å²) in [5.41, 5.74) is 0.700. The first-order valence-corrected chi connectivity index (χ1v) is 7.09. The van der Waals surface area contributed by atoms with Crippen molar-refractivity contribution in [3.8, 4) is 5.75 Å². The molecule has 0 radical (unpaired) electrons. The lowest BCUT2D eigenvalue weighted by atomic mass is 10.2. The largest absolute Gasteiger partial charge is 0.495 e. The van der Waals surface area contributed by atoms with E-state index in [2.05, 4.69) is 26.6 Å². The summed E-state index contributed by atoms with van der Waals surface area (Å²) >= 11 is 3.16. The van der Waals surface area contributed by atoms with Crippen LogP contribution in [0.2, 0.25) is 0 Å². The van der Waals surface area contributed by atoms with Crippen LogP contribution in [0.1, 0.15) is 5.56 Å². The van der Waals surface area contributed by atoms with E-state index in [1.54, 1.807) is 18.2 Å². The van der Waals surface area contributed by atoms with Crippen LogP contribution in [-0.2, 0) is 6.67 Å². The predicted octanol–water partition coefficient (Wildman–Crippen LogP) is 4.71. The molecule has 0 saturated carbocycles. The Hall–Kier alpha value is -2.15. The van der Waals surface area contributed by atoms with Crippen molar-refractivity contribution in [1.29, 1.82) is 0 Å². The number of hydrogen-bond acceptors (Lipinski definition) is 2. The summed E-state index contributed by atoms with van der Waals surface area (Å²) in [6, 6.07) is 8.22. The Balaban J connectivity index is 2.19. The number of amides is 2. The van der Waals surface area contributed by atoms with Crippen LogP contribution in [-0.4, -0.2) is 13.1 Å². The Morgan fingerprint density at radius 2 is 2.05 bits per heavy atom. The molecule has 7 heteroatoms. The third-order valence-electron chi connectivity index (χ3n) is 2.87. The van der Waals surface area contributed by atoms with Crippen molar-refractivity contribution < 1.29 is 18.3 Å². The Morgan fingerprint density at radius 1 is 1.27 bits per heavy atom. The minimum absolute atomic E-state index is 0.0145. The van der Waals surface area contributed by atoms with Crippen LogP contribution < -0.4 is 15.4 Å². The maximum Gasteiger partial charge on any atom is 0.323 e. The highest BCUT2D eigenvalue weighted by atomic mass is 79.9. The summed E-state index contributed by atoms with van der Waals surface area (Å²) < 4.78 is 31.9. The molecule has 2 aromatic carbocycles. The predicted molar refractivity (Wildman–Crippen MR) is 84.5 cm³/mol. The van der Waals surface area contributed by atoms with E-state index in [9.17, 15) is 13.6 Å². The third-order valence-corrected chi connectivity index (χ3v) is 3.53. The summed E-state index contributed by atoms with van der Waals surface area (Å²) in [7, 11) is 1.43. The van der Waals surface area contributed by atoms with Gasteiger partial charge in [-0.1, -0.05) is 12.1 Å². The van der Waals surface area contributed by atoms with Crippen LogP contribution in [0.5, 0.6) is 5.75 Å². The molecular formula is C15H13BrF2N2O2. The van der Waals surface area contributed by atoms with Crippen LogP contribution >= 0.6 is 15.9 Å². The molecule has 0 unspecified atom stereocenters. The number of alkyl halides is 1. The maximum atomic E-state index is 13.7. The molecule has 2 aromatic rings. The van der Waals surface area contributed by atoms with Gasteiger partial charge in [-0.25, -0.2) is 13.6 Å². The molecule has 0 aliphatic carbocycles. The van der Waals surface area contributed by atoms with Gasteiger partial charge >= 0.3 is 6.03 Å². The number of rotatable bonds is 4. The zero-order valence-corrected chi connectivity index (χ0v) is 13.2. The topological polar surface area (TPSA) is 50.4 Å². The quantitative estimate of drug-likeness (QED) is 0.818. The molecule has 0 fully saturated rings. The van der Waals surface area contributed by atoms with Gasteiger partial charge in [0.05, 0.1) is 18.5 Å². The standard InChI is InChI=1S/C15H13BrF2N2O2/c1-22-13-6-5-9(8-17)7-12(13)19-15(21)20-14-10(16)3-2-4-11(14)18/h2-7H,8H2,1H3,(H2,19,20,21). The lowest BCUT2D eigenvalue weighted by Gasteiger charge is -2.13. The molecule has 0 aliphatic heterocycles. The highest BCUT2D eigenvalue weighted by molar-refractivity contribution is 9.10. The van der Waals surface area contributed by atoms with Crippen molar-refractivity contribution >= 4 is 33.3 Å². The van der Waals surface area contributed by atoms with Crippen LogP contribution in [0, 0.1) is 5.82 Å². The van der Waals surface area contributed by atoms with Gasteiger partial charge in [-0.3, -0.25) is 0 Å². The van der Waals surface area contributed by atoms with E-state index in [-0.39, 0.29) is 5.69 Å². The number of carbonyl (C=O) groups is 1. The first-order valence-electron chi connectivity index (χ1n) is 6.30. The summed E-state index contributed by atoms with van der Waals surface area (Å²) in [5, 5.41) is 4.90. The van der Waals surface area contributed by atoms with Gasteiger partial charge < -0.3 is 15.4 Å². The van der Waals surface area contributed by atoms with Crippen LogP contribution in [0.25, 0.3) is 0 Å². The zero-order valence-electron chi connectivity index (χ0n) is 11.6. The minimum atomic E-state index is -0.668. The SMILES string of the molecule is COc1ccc(CF)cc1NC(=O)Nc1c(F)cccc1Br. The number of urea groups is 1. The van der Waals surface area contributed by atoms with E-state index in [1.165, 1.54) is 25.3 Å². The second-order valence-corrected chi connectivity index (χ2v) is 5.20. The van der Waals surface area contributed by atoms with Gasteiger partial charge in [0, 0.05) is 4.47 Å². The first kappa shape index (κ1) is 16.2. The van der Waals surface area contributed by atoms with E-state index in [4.69, 9.17) is 4.74 Å². The number of methoxy groups -OCH3 is 1. The van der Waals surface area contributed by atoms with Gasteiger partial charge in [0.1, 0.15) is 18.2 Å². The summed E-state index contributed by atoms with van der Waals surface area (Å²) in [6.45, 7) is -0.668. The fraction of sp³-hybridized carbons (Fsp3) is 0.133. The summed E-state index contributed by atoms with van der Waals surface area (Å²) in [5.74, 6) is -0.200. The third kappa shape index (κ3) is 3.73. The van der Waals surface area contributed by atoms with Crippen LogP contribution in [0.15, 0.2) is 40.9 Å². The van der Waals surface area contributed by atoms with Crippen molar-refractivity contribution in [2.24, 2.45) is 0 Å². The lowest BCUT2D eigenvalue weighted by Crippen LogP contribution is -2.21. The highest BCUT2D eigenvalue weighted by Crippen LogP contribution is 2.28. The van der Waals surface area contributed by atoms with Crippen LogP contribution in [0.4, 0.5) is 25.0 Å². The summed E-state index contributed by atoms with van der Waals surface area (Å²) in [4.78, 5) is 12.0. The normalized spacial score (nSPS) is 10.2. The molecule has 4 nitrogen and oxygen atoms in total. The molecule has 0 heterocycles. The van der Waals surface area contributed by atoms with Crippen molar-refractivity contribution in [3.63, 3.8) is 0 Å². The molecule has 22 heavy (non-hydrogen) atoms. The second kappa shape index (κ2) is 7.22. The van der Waals surface area contributed by atoms with Gasteiger partial charge in [0.2, 0.25) is 0 Å². The first-order chi connectivity index (χ1) is 10.5. The molecule has 116 valence electrons. The smallest absolute Gasteiger partial charge is 0.323 e. The Bertz CT molecular complexity index is 675. The molecule has 2 amide bonds. The number of nitrogens with one attached hydrogen (secondary N) is 2. The number of carbonyl (C=O) groups excluding carboxylic acids is 1. The second-order valence-electron chi connectivity index (χ2n) is 4.34. The van der Waals surface area contributed by atoms with E-state index in [0.29, 0.717) is 21.5 Å². The van der Waals surface area contributed by atoms with Crippen molar-refractivity contribution in [1.82, 2.24) is 0 Å². The Kier molecular flexibility index (Phi) is 5.32. The van der Waals surface area contributed by atoms with E-state index < -0.39 is 18.5 Å². The molecule has 0 atom stereocenters. The van der Waals surface area contributed by atoms with Gasteiger partial charge in [-0.2, -0.15) is 0 Å². The van der Waals surface area contributed by atoms with E-state index in [1.807, 2.05) is 0 Å². The number of para-hydroxylation sites is 1. The number of benzene rings is 2. The molecule has 0 saturated heterocycles. The number of anilines is 2. The molecule has 2 rings (SSSR count). The van der Waals surface area contributed by atoms with Crippen LogP contribution in [0.3, 0.4) is 0 Å². The number of hydrogen-bond donors (Lipinski definition) is 2. The molecule has 0 aliphatic rings. The summed E-state index contributed by atoms with van der Waals surface area (Å²) in [6.07, 6.45) is 0. The average molecular weight is 371 g/mol. The van der Waals surface area contributed by atoms with Crippen molar-refractivity contribution in [2.45, 2.75) is 6.67 Å². The monoisotopic (exact) mass is 370 g/mol. The number of ether oxygens (including phenoxy) is 1. The van der Waals surface area contributed by atoms with Crippen molar-refractivity contribution in [2.75, 3.05) is 17.7 Å². The van der Waals surface area contributed by atoms with Crippen molar-refractivity contribution in [3.05, 3.63) is 52.3 Å². The van der Waals surface area contributed by atoms with Gasteiger partial charge in [0.15, 0.2) is 0 Å². The molecule has 0 spiro atoms. The minimum Gasteiger partial charge on any atom is -0.495 e. The van der Waals surface area contributed by atoms with E-state index >= 15 is 0 Å². The van der Waals surface area contributed by atoms with Gasteiger partial charge in [-0.05, 0) is 45.8 Å². The molecule has 2 N–H and O–H groups in total. The fourth-order valence-corrected chi connectivity index (χ4v) is 2.26. The Labute approximate surface area is 134 Å². The highest BCUT2D eigenvalue weighted by Gasteiger charge is 2.12. The molecule has 0 aromatic heterocycles. The van der Waals surface area contributed by atoms with E-state index in [0.717, 1.165) is 0 Å². The average Bonchev–Trinajstić information content (AvgIpc) is 2.51. The Morgan fingerprint density at radius 3 is 2.68 bits per heavy atom. The fourth-order valence-electron chi connectivity index (χ4n) is 1.82. The van der Waals surface area contributed by atoms with Gasteiger partial charge in [0.25, 0.3) is 0 Å². The number of halogens is 3. The zero-order chi connectivity index (χ0) is 16.1. The lowest BCUT2D eigenvalue weighted by molar-refractivity contribution is 0.262.